The molecule has 0 aromatic heterocycles. The number of nitrogens with zero attached hydrogens (tertiary/aromatic N) is 2. The summed E-state index contributed by atoms with van der Waals surface area (Å²) in [6.45, 7) is 3.30. The Morgan fingerprint density at radius 1 is 1.07 bits per heavy atom. The molecule has 1 fully saturated rings. The molecule has 2 amide bonds. The van der Waals surface area contributed by atoms with Crippen LogP contribution in [0.5, 0.6) is 17.2 Å². The summed E-state index contributed by atoms with van der Waals surface area (Å²) < 4.78 is 16.7. The van der Waals surface area contributed by atoms with Gasteiger partial charge in [-0.25, -0.2) is 4.99 Å². The van der Waals surface area contributed by atoms with Gasteiger partial charge in [-0.05, 0) is 66.6 Å². The number of carbonyl (C=O) groups is 2. The Hall–Kier alpha value is -3.69. The number of ether oxygens (including phenoxy) is 3. The zero-order chi connectivity index (χ0) is 28.6. The molecule has 0 aliphatic carbocycles. The second kappa shape index (κ2) is 13.8. The highest BCUT2D eigenvalue weighted by Gasteiger charge is 2.36. The van der Waals surface area contributed by atoms with Gasteiger partial charge in [0.25, 0.3) is 0 Å². The van der Waals surface area contributed by atoms with E-state index in [2.05, 4.69) is 12.2 Å². The smallest absolute Gasteiger partial charge is 0.238 e. The molecule has 0 radical (unpaired) electrons. The van der Waals surface area contributed by atoms with Gasteiger partial charge in [-0.15, -0.1) is 0 Å². The summed E-state index contributed by atoms with van der Waals surface area (Å²) in [6.07, 6.45) is 4.60. The number of fused-ring (bicyclic) bond motifs is 1. The molecule has 2 aliphatic rings. The lowest BCUT2D eigenvalue weighted by molar-refractivity contribution is -0.129. The minimum absolute atomic E-state index is 0.0363. The van der Waals surface area contributed by atoms with Gasteiger partial charge in [0.05, 0.1) is 18.8 Å². The Bertz CT molecular complexity index is 1420. The predicted octanol–water partition coefficient (Wildman–Crippen LogP) is 7.19. The van der Waals surface area contributed by atoms with Crippen molar-refractivity contribution in [3.05, 3.63) is 77.3 Å². The van der Waals surface area contributed by atoms with Crippen molar-refractivity contribution in [2.75, 3.05) is 18.7 Å². The maximum atomic E-state index is 13.4. The first-order valence-corrected chi connectivity index (χ1v) is 15.0. The molecule has 1 N–H and O–H groups in total. The van der Waals surface area contributed by atoms with Crippen LogP contribution in [0.4, 0.5) is 11.4 Å². The highest BCUT2D eigenvalue weighted by molar-refractivity contribution is 8.15. The van der Waals surface area contributed by atoms with Crippen LogP contribution in [-0.4, -0.2) is 40.5 Å². The van der Waals surface area contributed by atoms with Gasteiger partial charge < -0.3 is 19.5 Å². The number of halogens is 1. The Morgan fingerprint density at radius 3 is 2.71 bits per heavy atom. The van der Waals surface area contributed by atoms with E-state index in [4.69, 9.17) is 30.8 Å². The fourth-order valence-corrected chi connectivity index (χ4v) is 5.73. The molecule has 3 aromatic carbocycles. The molecular weight excluding hydrogens is 562 g/mol. The molecule has 2 aliphatic heterocycles. The number of thioether (sulfide) groups is 1. The summed E-state index contributed by atoms with van der Waals surface area (Å²) >= 11 is 7.44. The highest BCUT2D eigenvalue weighted by Crippen LogP contribution is 2.35. The van der Waals surface area contributed by atoms with Gasteiger partial charge in [0.15, 0.2) is 16.7 Å². The quantitative estimate of drug-likeness (QED) is 0.237. The van der Waals surface area contributed by atoms with Crippen LogP contribution in [0.15, 0.2) is 71.7 Å². The number of hydrogen-bond acceptors (Lipinski definition) is 7. The Morgan fingerprint density at radius 2 is 1.90 bits per heavy atom. The largest absolute Gasteiger partial charge is 0.494 e. The van der Waals surface area contributed by atoms with Gasteiger partial charge in [-0.2, -0.15) is 0 Å². The number of anilines is 1. The molecule has 41 heavy (non-hydrogen) atoms. The van der Waals surface area contributed by atoms with E-state index in [9.17, 15) is 9.59 Å². The number of amides is 2. The maximum Gasteiger partial charge on any atom is 0.238 e. The number of nitrogens with one attached hydrogen (secondary N) is 1. The van der Waals surface area contributed by atoms with Crippen LogP contribution >= 0.6 is 23.4 Å². The zero-order valence-corrected chi connectivity index (χ0v) is 24.4. The summed E-state index contributed by atoms with van der Waals surface area (Å²) in [5.74, 6) is 1.60. The predicted molar refractivity (Wildman–Crippen MR) is 162 cm³/mol. The normalized spacial score (nSPS) is 17.1. The van der Waals surface area contributed by atoms with Crippen LogP contribution in [0.3, 0.4) is 0 Å². The summed E-state index contributed by atoms with van der Waals surface area (Å²) in [5.41, 5.74) is 2.09. The van der Waals surface area contributed by atoms with E-state index in [0.29, 0.717) is 39.7 Å². The minimum Gasteiger partial charge on any atom is -0.494 e. The van der Waals surface area contributed by atoms with Crippen molar-refractivity contribution >= 4 is 51.7 Å². The van der Waals surface area contributed by atoms with E-state index in [-0.39, 0.29) is 31.6 Å². The lowest BCUT2D eigenvalue weighted by Crippen LogP contribution is -2.44. The monoisotopic (exact) mass is 593 g/mol. The van der Waals surface area contributed by atoms with Crippen molar-refractivity contribution in [2.45, 2.75) is 50.8 Å². The third kappa shape index (κ3) is 7.74. The number of aliphatic imine (C=N–C) groups is 1. The van der Waals surface area contributed by atoms with Crippen LogP contribution in [0, 0.1) is 0 Å². The summed E-state index contributed by atoms with van der Waals surface area (Å²) in [5, 5.41) is 3.24. The summed E-state index contributed by atoms with van der Waals surface area (Å²) in [4.78, 5) is 33.0. The number of carbonyl (C=O) groups excluding carboxylic acids is 2. The van der Waals surface area contributed by atoms with E-state index < -0.39 is 5.25 Å². The Labute approximate surface area is 249 Å². The van der Waals surface area contributed by atoms with Gasteiger partial charge >= 0.3 is 0 Å². The third-order valence-corrected chi connectivity index (χ3v) is 8.05. The Balaban J connectivity index is 1.28. The van der Waals surface area contributed by atoms with Crippen molar-refractivity contribution in [3.8, 4) is 17.2 Å². The van der Waals surface area contributed by atoms with E-state index in [1.807, 2.05) is 42.5 Å². The van der Waals surface area contributed by atoms with E-state index in [0.717, 1.165) is 24.2 Å². The molecule has 214 valence electrons. The van der Waals surface area contributed by atoms with Gasteiger partial charge in [-0.1, -0.05) is 61.7 Å². The number of amidine groups is 1. The third-order valence-electron chi connectivity index (χ3n) is 6.63. The molecule has 10 heteroatoms. The molecular formula is C31H32ClN3O5S. The molecule has 3 aromatic rings. The van der Waals surface area contributed by atoms with E-state index >= 15 is 0 Å². The molecule has 1 saturated heterocycles. The fourth-order valence-electron chi connectivity index (χ4n) is 4.45. The molecule has 5 rings (SSSR count). The average molecular weight is 594 g/mol. The first kappa shape index (κ1) is 28.8. The molecule has 0 spiro atoms. The van der Waals surface area contributed by atoms with Gasteiger partial charge in [0.1, 0.15) is 11.0 Å². The number of hydrogen-bond donors (Lipinski definition) is 1. The van der Waals surface area contributed by atoms with Crippen LogP contribution in [0.25, 0.3) is 0 Å². The van der Waals surface area contributed by atoms with Gasteiger partial charge in [0.2, 0.25) is 18.6 Å². The van der Waals surface area contributed by atoms with Crippen molar-refractivity contribution in [1.82, 2.24) is 4.90 Å². The summed E-state index contributed by atoms with van der Waals surface area (Å²) in [7, 11) is 0. The summed E-state index contributed by atoms with van der Waals surface area (Å²) in [6, 6.07) is 19.9. The molecule has 8 nitrogen and oxygen atoms in total. The molecule has 0 saturated carbocycles. The minimum atomic E-state index is -0.650. The fraction of sp³-hybridized carbons (Fsp3) is 0.323. The van der Waals surface area contributed by atoms with E-state index in [1.54, 1.807) is 29.2 Å². The lowest BCUT2D eigenvalue weighted by Gasteiger charge is -2.32. The number of benzene rings is 3. The lowest BCUT2D eigenvalue weighted by atomic mass is 10.1. The molecule has 1 unspecified atom stereocenters. The highest BCUT2D eigenvalue weighted by atomic mass is 35.5. The van der Waals surface area contributed by atoms with Crippen molar-refractivity contribution in [2.24, 2.45) is 4.99 Å². The molecule has 0 bridgehead atoms. The van der Waals surface area contributed by atoms with Crippen LogP contribution < -0.4 is 19.5 Å². The number of unbranched alkanes of at least 4 members (excludes halogenated alkanes) is 3. The standard InChI is InChI=1S/C31H32ClN3O5S/c1-2-3-4-5-15-38-25-12-10-23(11-13-25)33-30(37)28-18-29(36)35(19-21-9-14-26-27(16-21)40-20-39-26)31(41-28)34-24-8-6-7-22(32)17-24/h6-14,16-17,28H,2-5,15,18-20H2,1H3,(H,33,37). The van der Waals surface area contributed by atoms with Crippen LogP contribution in [-0.2, 0) is 16.1 Å². The number of rotatable bonds is 11. The first-order valence-electron chi connectivity index (χ1n) is 13.7. The molecule has 2 heterocycles. The van der Waals surface area contributed by atoms with Crippen LogP contribution in [0.2, 0.25) is 5.02 Å². The van der Waals surface area contributed by atoms with Gasteiger partial charge in [-0.3, -0.25) is 14.5 Å². The molecule has 1 atom stereocenters. The van der Waals surface area contributed by atoms with Gasteiger partial charge in [0, 0.05) is 17.1 Å². The SMILES string of the molecule is CCCCCCOc1ccc(NC(=O)C2CC(=O)N(Cc3ccc4c(c3)OCO4)C(=Nc3cccc(Cl)c3)S2)cc1. The van der Waals surface area contributed by atoms with Crippen molar-refractivity contribution < 1.29 is 23.8 Å². The van der Waals surface area contributed by atoms with Crippen molar-refractivity contribution in [1.29, 1.82) is 0 Å². The topological polar surface area (TPSA) is 89.5 Å². The van der Waals surface area contributed by atoms with Crippen molar-refractivity contribution in [3.63, 3.8) is 0 Å². The maximum absolute atomic E-state index is 13.4. The van der Waals surface area contributed by atoms with E-state index in [1.165, 1.54) is 24.6 Å². The average Bonchev–Trinajstić information content (AvgIpc) is 3.43. The first-order chi connectivity index (χ1) is 20.0. The second-order valence-corrected chi connectivity index (χ2v) is 11.4. The van der Waals surface area contributed by atoms with Crippen LogP contribution in [0.1, 0.15) is 44.6 Å². The zero-order valence-electron chi connectivity index (χ0n) is 22.8. The second-order valence-electron chi connectivity index (χ2n) is 9.78. The Kier molecular flexibility index (Phi) is 9.69.